The molecule has 2 rings (SSSR count). The smallest absolute Gasteiger partial charge is 0.309 e. The molecule has 0 unspecified atom stereocenters. The third-order valence-electron chi connectivity index (χ3n) is 3.24. The molecule has 1 N–H and O–H groups in total. The summed E-state index contributed by atoms with van der Waals surface area (Å²) in [6, 6.07) is 4.05. The Morgan fingerprint density at radius 1 is 1.53 bits per heavy atom. The van der Waals surface area contributed by atoms with Gasteiger partial charge in [-0.05, 0) is 38.1 Å². The summed E-state index contributed by atoms with van der Waals surface area (Å²) in [5.41, 5.74) is -0.663. The van der Waals surface area contributed by atoms with Gasteiger partial charge in [-0.25, -0.2) is 4.98 Å². The predicted molar refractivity (Wildman–Crippen MR) is 76.2 cm³/mol. The number of nitrogens with zero attached hydrogens (tertiary/aromatic N) is 2. The lowest BCUT2D eigenvalue weighted by Gasteiger charge is -2.19. The maximum atomic E-state index is 11.0. The van der Waals surface area contributed by atoms with Crippen molar-refractivity contribution in [3.05, 3.63) is 29.9 Å². The number of carbonyl (C=O) groups is 1. The van der Waals surface area contributed by atoms with Crippen LogP contribution in [0.2, 0.25) is 0 Å². The normalized spacial score (nSPS) is 11.7. The van der Waals surface area contributed by atoms with E-state index in [9.17, 15) is 4.79 Å². The van der Waals surface area contributed by atoms with E-state index >= 15 is 0 Å². The van der Waals surface area contributed by atoms with E-state index in [-0.39, 0.29) is 0 Å². The van der Waals surface area contributed by atoms with Crippen molar-refractivity contribution in [3.63, 3.8) is 0 Å². The molecule has 0 saturated carbocycles. The fourth-order valence-electron chi connectivity index (χ4n) is 1.92. The lowest BCUT2D eigenvalue weighted by atomic mass is 9.88. The summed E-state index contributed by atoms with van der Waals surface area (Å²) >= 11 is 1.66. The van der Waals surface area contributed by atoms with Gasteiger partial charge in [0.05, 0.1) is 10.3 Å². The molecule has 0 atom stereocenters. The third kappa shape index (κ3) is 3.23. The van der Waals surface area contributed by atoms with Crippen molar-refractivity contribution in [2.45, 2.75) is 33.2 Å². The number of thiophene rings is 1. The minimum atomic E-state index is -0.739. The second-order valence-electron chi connectivity index (χ2n) is 5.21. The summed E-state index contributed by atoms with van der Waals surface area (Å²) in [7, 11) is 0. The summed E-state index contributed by atoms with van der Waals surface area (Å²) in [4.78, 5) is 16.6. The zero-order valence-electron chi connectivity index (χ0n) is 11.2. The van der Waals surface area contributed by atoms with Crippen molar-refractivity contribution in [2.24, 2.45) is 5.41 Å². The van der Waals surface area contributed by atoms with Crippen molar-refractivity contribution >= 4 is 17.3 Å². The van der Waals surface area contributed by atoms with Crippen LogP contribution >= 0.6 is 11.3 Å². The molecule has 0 saturated heterocycles. The van der Waals surface area contributed by atoms with Gasteiger partial charge in [0.15, 0.2) is 0 Å². The molecule has 0 amide bonds. The summed E-state index contributed by atoms with van der Waals surface area (Å²) in [5, 5.41) is 11.1. The van der Waals surface area contributed by atoms with Crippen molar-refractivity contribution in [1.29, 1.82) is 0 Å². The highest BCUT2D eigenvalue weighted by atomic mass is 32.1. The summed E-state index contributed by atoms with van der Waals surface area (Å²) in [6.45, 7) is 4.33. The van der Waals surface area contributed by atoms with E-state index in [4.69, 9.17) is 5.11 Å². The van der Waals surface area contributed by atoms with Crippen LogP contribution in [-0.2, 0) is 11.3 Å². The molecule has 2 aromatic rings. The van der Waals surface area contributed by atoms with Crippen LogP contribution in [0, 0.1) is 5.41 Å². The molecular formula is C14H18N2O2S. The molecule has 0 radical (unpaired) electrons. The second-order valence-corrected chi connectivity index (χ2v) is 6.16. The quantitative estimate of drug-likeness (QED) is 0.879. The molecule has 0 aromatic carbocycles. The van der Waals surface area contributed by atoms with Crippen molar-refractivity contribution in [1.82, 2.24) is 9.55 Å². The summed E-state index contributed by atoms with van der Waals surface area (Å²) in [5.74, 6) is 0.222. The number of aryl methyl sites for hydroxylation is 1. The molecule has 0 aliphatic rings. The first kappa shape index (κ1) is 13.8. The average Bonchev–Trinajstić information content (AvgIpc) is 2.97. The molecule has 102 valence electrons. The minimum Gasteiger partial charge on any atom is -0.481 e. The highest BCUT2D eigenvalue weighted by molar-refractivity contribution is 7.13. The highest BCUT2D eigenvalue weighted by Gasteiger charge is 2.26. The zero-order valence-corrected chi connectivity index (χ0v) is 12.0. The Hall–Kier alpha value is -1.62. The van der Waals surface area contributed by atoms with Crippen LogP contribution in [0.1, 0.15) is 26.7 Å². The lowest BCUT2D eigenvalue weighted by molar-refractivity contribution is -0.147. The number of aromatic nitrogens is 2. The van der Waals surface area contributed by atoms with Crippen LogP contribution < -0.4 is 0 Å². The number of hydrogen-bond donors (Lipinski definition) is 1. The second kappa shape index (κ2) is 5.57. The summed E-state index contributed by atoms with van der Waals surface area (Å²) < 4.78 is 2.09. The van der Waals surface area contributed by atoms with Crippen LogP contribution in [0.25, 0.3) is 10.7 Å². The standard InChI is InChI=1S/C14H18N2O2S/c1-14(2,13(17)18)6-4-8-16-9-7-15-12(16)11-5-3-10-19-11/h3,5,7,9-10H,4,6,8H2,1-2H3,(H,17,18). The van der Waals surface area contributed by atoms with Gasteiger partial charge in [-0.2, -0.15) is 0 Å². The molecule has 5 heteroatoms. The first-order valence-corrected chi connectivity index (χ1v) is 7.17. The van der Waals surface area contributed by atoms with Gasteiger partial charge >= 0.3 is 5.97 Å². The fourth-order valence-corrected chi connectivity index (χ4v) is 2.66. The van der Waals surface area contributed by atoms with Gasteiger partial charge in [-0.15, -0.1) is 11.3 Å². The topological polar surface area (TPSA) is 55.1 Å². The van der Waals surface area contributed by atoms with E-state index in [0.717, 1.165) is 23.7 Å². The molecule has 0 spiro atoms. The largest absolute Gasteiger partial charge is 0.481 e. The maximum absolute atomic E-state index is 11.0. The molecule has 2 aromatic heterocycles. The Kier molecular flexibility index (Phi) is 4.04. The summed E-state index contributed by atoms with van der Waals surface area (Å²) in [6.07, 6.45) is 5.22. The Bertz CT molecular complexity index is 544. The van der Waals surface area contributed by atoms with Gasteiger partial charge in [0.2, 0.25) is 0 Å². The lowest BCUT2D eigenvalue weighted by Crippen LogP contribution is -2.23. The minimum absolute atomic E-state index is 0.657. The highest BCUT2D eigenvalue weighted by Crippen LogP contribution is 2.25. The van der Waals surface area contributed by atoms with Gasteiger partial charge in [-0.3, -0.25) is 4.79 Å². The fraction of sp³-hybridized carbons (Fsp3) is 0.429. The molecule has 19 heavy (non-hydrogen) atoms. The van der Waals surface area contributed by atoms with Gasteiger partial charge in [0.25, 0.3) is 0 Å². The first-order chi connectivity index (χ1) is 9.00. The molecule has 0 aliphatic carbocycles. The zero-order chi connectivity index (χ0) is 13.9. The third-order valence-corrected chi connectivity index (χ3v) is 4.10. The van der Waals surface area contributed by atoms with Crippen LogP contribution in [0.3, 0.4) is 0 Å². The monoisotopic (exact) mass is 278 g/mol. The molecule has 4 nitrogen and oxygen atoms in total. The molecule has 0 bridgehead atoms. The van der Waals surface area contributed by atoms with E-state index in [0.29, 0.717) is 6.42 Å². The van der Waals surface area contributed by atoms with Gasteiger partial charge < -0.3 is 9.67 Å². The van der Waals surface area contributed by atoms with Gasteiger partial charge in [0, 0.05) is 18.9 Å². The Balaban J connectivity index is 1.98. The van der Waals surface area contributed by atoms with E-state index < -0.39 is 11.4 Å². The number of aliphatic carboxylic acids is 1. The maximum Gasteiger partial charge on any atom is 0.309 e. The Morgan fingerprint density at radius 2 is 2.32 bits per heavy atom. The predicted octanol–water partition coefficient (Wildman–Crippen LogP) is 3.50. The Morgan fingerprint density at radius 3 is 2.95 bits per heavy atom. The van der Waals surface area contributed by atoms with Crippen molar-refractivity contribution in [3.8, 4) is 10.7 Å². The van der Waals surface area contributed by atoms with Crippen LogP contribution in [0.15, 0.2) is 29.9 Å². The SMILES string of the molecule is CC(C)(CCCn1ccnc1-c1cccs1)C(=O)O. The van der Waals surface area contributed by atoms with Crippen molar-refractivity contribution in [2.75, 3.05) is 0 Å². The Labute approximate surface area is 116 Å². The van der Waals surface area contributed by atoms with Crippen LogP contribution in [0.5, 0.6) is 0 Å². The van der Waals surface area contributed by atoms with Gasteiger partial charge in [0.1, 0.15) is 5.82 Å². The van der Waals surface area contributed by atoms with Crippen LogP contribution in [-0.4, -0.2) is 20.6 Å². The first-order valence-electron chi connectivity index (χ1n) is 6.29. The number of imidazole rings is 1. The van der Waals surface area contributed by atoms with E-state index in [1.165, 1.54) is 0 Å². The average molecular weight is 278 g/mol. The van der Waals surface area contributed by atoms with Crippen molar-refractivity contribution < 1.29 is 9.90 Å². The van der Waals surface area contributed by atoms with Crippen LogP contribution in [0.4, 0.5) is 0 Å². The number of hydrogen-bond acceptors (Lipinski definition) is 3. The van der Waals surface area contributed by atoms with Gasteiger partial charge in [-0.1, -0.05) is 6.07 Å². The number of carboxylic acids is 1. The molecule has 2 heterocycles. The molecular weight excluding hydrogens is 260 g/mol. The molecule has 0 fully saturated rings. The van der Waals surface area contributed by atoms with E-state index in [2.05, 4.69) is 9.55 Å². The number of carboxylic acid groups (broad SMARTS) is 1. The van der Waals surface area contributed by atoms with E-state index in [1.54, 1.807) is 31.4 Å². The molecule has 0 aliphatic heterocycles. The number of rotatable bonds is 6. The van der Waals surface area contributed by atoms with E-state index in [1.807, 2.05) is 23.7 Å².